The number of ether oxygens (including phenoxy) is 1. The van der Waals surface area contributed by atoms with Crippen LogP contribution in [0.5, 0.6) is 0 Å². The molecule has 1 N–H and O–H groups in total. The van der Waals surface area contributed by atoms with E-state index >= 15 is 0 Å². The van der Waals surface area contributed by atoms with Crippen LogP contribution in [-0.4, -0.2) is 37.6 Å². The predicted molar refractivity (Wildman–Crippen MR) is 127 cm³/mol. The van der Waals surface area contributed by atoms with Crippen molar-refractivity contribution in [1.29, 1.82) is 0 Å². The molecule has 1 amide bonds. The fourth-order valence-electron chi connectivity index (χ4n) is 4.04. The van der Waals surface area contributed by atoms with Crippen LogP contribution in [0.2, 0.25) is 0 Å². The first-order chi connectivity index (χ1) is 14.5. The van der Waals surface area contributed by atoms with Gasteiger partial charge in [-0.05, 0) is 73.7 Å². The third-order valence-corrected chi connectivity index (χ3v) is 6.50. The van der Waals surface area contributed by atoms with E-state index in [1.54, 1.807) is 7.11 Å². The molecule has 3 rings (SSSR count). The van der Waals surface area contributed by atoms with Crippen LogP contribution in [0.25, 0.3) is 0 Å². The number of hydrogen-bond acceptors (Lipinski definition) is 3. The second kappa shape index (κ2) is 11.1. The van der Waals surface area contributed by atoms with Crippen LogP contribution in [-0.2, 0) is 9.53 Å². The van der Waals surface area contributed by atoms with Crippen LogP contribution < -0.4 is 5.32 Å². The molecular formula is C25H33BrN2O2. The number of piperidine rings is 1. The van der Waals surface area contributed by atoms with Gasteiger partial charge < -0.3 is 15.0 Å². The normalized spacial score (nSPS) is 16.6. The van der Waals surface area contributed by atoms with Crippen LogP contribution in [0, 0.1) is 5.92 Å². The molecule has 2 aromatic carbocycles. The molecule has 0 spiro atoms. The molecule has 2 aromatic rings. The molecule has 1 aliphatic rings. The highest BCUT2D eigenvalue weighted by Gasteiger charge is 2.22. The average molecular weight is 473 g/mol. The number of amides is 1. The molecule has 1 saturated heterocycles. The average Bonchev–Trinajstić information content (AvgIpc) is 2.76. The summed E-state index contributed by atoms with van der Waals surface area (Å²) in [6.45, 7) is 7.08. The number of likely N-dealkylation sites (tertiary alicyclic amines) is 1. The summed E-state index contributed by atoms with van der Waals surface area (Å²) >= 11 is 3.50. The second-order valence-corrected chi connectivity index (χ2v) is 9.37. The maximum absolute atomic E-state index is 12.0. The monoisotopic (exact) mass is 472 g/mol. The Morgan fingerprint density at radius 3 is 2.50 bits per heavy atom. The molecule has 0 radical (unpaired) electrons. The van der Waals surface area contributed by atoms with Gasteiger partial charge >= 0.3 is 0 Å². The van der Waals surface area contributed by atoms with Crippen LogP contribution in [0.15, 0.2) is 53.0 Å². The van der Waals surface area contributed by atoms with Gasteiger partial charge in [0.2, 0.25) is 5.91 Å². The number of rotatable bonds is 8. The number of hydrogen-bond donors (Lipinski definition) is 1. The summed E-state index contributed by atoms with van der Waals surface area (Å²) in [5.74, 6) is 0.618. The van der Waals surface area contributed by atoms with Gasteiger partial charge in [-0.2, -0.15) is 0 Å². The van der Waals surface area contributed by atoms with Crippen molar-refractivity contribution in [2.24, 2.45) is 5.92 Å². The van der Waals surface area contributed by atoms with E-state index in [9.17, 15) is 4.79 Å². The molecule has 1 aliphatic heterocycles. The number of anilines is 1. The summed E-state index contributed by atoms with van der Waals surface area (Å²) in [7, 11) is 1.80. The summed E-state index contributed by atoms with van der Waals surface area (Å²) in [6, 6.07) is 16.8. The molecule has 162 valence electrons. The number of halogens is 1. The maximum atomic E-state index is 12.0. The van der Waals surface area contributed by atoms with E-state index in [1.165, 1.54) is 11.1 Å². The van der Waals surface area contributed by atoms with Crippen LogP contribution >= 0.6 is 15.9 Å². The van der Waals surface area contributed by atoms with Gasteiger partial charge in [0.1, 0.15) is 0 Å². The van der Waals surface area contributed by atoms with Gasteiger partial charge in [0.05, 0.1) is 6.10 Å². The van der Waals surface area contributed by atoms with Gasteiger partial charge in [0.25, 0.3) is 0 Å². The summed E-state index contributed by atoms with van der Waals surface area (Å²) in [5, 5.41) is 3.02. The van der Waals surface area contributed by atoms with E-state index in [2.05, 4.69) is 68.6 Å². The van der Waals surface area contributed by atoms with Crippen molar-refractivity contribution in [1.82, 2.24) is 4.90 Å². The Morgan fingerprint density at radius 1 is 1.17 bits per heavy atom. The van der Waals surface area contributed by atoms with Crippen LogP contribution in [0.1, 0.15) is 56.3 Å². The summed E-state index contributed by atoms with van der Waals surface area (Å²) in [6.07, 6.45) is 3.44. The second-order valence-electron chi connectivity index (χ2n) is 8.45. The van der Waals surface area contributed by atoms with Gasteiger partial charge in [-0.1, -0.05) is 54.0 Å². The smallest absolute Gasteiger partial charge is 0.226 e. The quantitative estimate of drug-likeness (QED) is 0.511. The lowest BCUT2D eigenvalue weighted by atomic mass is 9.89. The molecule has 1 fully saturated rings. The van der Waals surface area contributed by atoms with Crippen LogP contribution in [0.3, 0.4) is 0 Å². The zero-order chi connectivity index (χ0) is 21.5. The lowest BCUT2D eigenvalue weighted by Gasteiger charge is -2.33. The van der Waals surface area contributed by atoms with E-state index in [0.29, 0.717) is 5.92 Å². The highest BCUT2D eigenvalue weighted by atomic mass is 79.9. The first-order valence-electron chi connectivity index (χ1n) is 10.9. The Balaban J connectivity index is 1.50. The van der Waals surface area contributed by atoms with Crippen molar-refractivity contribution < 1.29 is 9.53 Å². The van der Waals surface area contributed by atoms with Crippen molar-refractivity contribution in [3.05, 3.63) is 64.1 Å². The number of carbonyl (C=O) groups is 1. The summed E-state index contributed by atoms with van der Waals surface area (Å²) < 4.78 is 6.84. The van der Waals surface area contributed by atoms with Crippen molar-refractivity contribution in [2.45, 2.75) is 45.1 Å². The fraction of sp³-hybridized carbons (Fsp3) is 0.480. The van der Waals surface area contributed by atoms with E-state index in [1.807, 2.05) is 19.9 Å². The molecule has 0 aromatic heterocycles. The standard InChI is InChI=1S/C25H33BrN2O2/c1-18(2)25(29)27-23-6-4-5-21(17-23)19-11-14-28(15-12-19)16-13-24(30-3)20-7-9-22(26)10-8-20/h4-10,17-19,24H,11-16H2,1-3H3,(H,27,29). The van der Waals surface area contributed by atoms with Crippen molar-refractivity contribution in [3.63, 3.8) is 0 Å². The van der Waals surface area contributed by atoms with Gasteiger partial charge in [-0.15, -0.1) is 0 Å². The Morgan fingerprint density at radius 2 is 1.87 bits per heavy atom. The number of nitrogens with one attached hydrogen (secondary N) is 1. The molecule has 0 aliphatic carbocycles. The van der Waals surface area contributed by atoms with E-state index in [0.717, 1.165) is 49.1 Å². The lowest BCUT2D eigenvalue weighted by molar-refractivity contribution is -0.118. The molecule has 1 atom stereocenters. The Kier molecular flexibility index (Phi) is 8.49. The van der Waals surface area contributed by atoms with Gasteiger partial charge in [0, 0.05) is 29.7 Å². The fourth-order valence-corrected chi connectivity index (χ4v) is 4.31. The minimum Gasteiger partial charge on any atom is -0.377 e. The molecule has 0 bridgehead atoms. The number of carbonyl (C=O) groups excluding carboxylic acids is 1. The maximum Gasteiger partial charge on any atom is 0.226 e. The third-order valence-electron chi connectivity index (χ3n) is 5.97. The summed E-state index contributed by atoms with van der Waals surface area (Å²) in [4.78, 5) is 14.5. The zero-order valence-corrected chi connectivity index (χ0v) is 19.8. The lowest BCUT2D eigenvalue weighted by Crippen LogP contribution is -2.34. The molecule has 1 heterocycles. The topological polar surface area (TPSA) is 41.6 Å². The first kappa shape index (κ1) is 23.0. The van der Waals surface area contributed by atoms with Gasteiger partial charge in [-0.25, -0.2) is 0 Å². The minimum absolute atomic E-state index is 0.00905. The highest BCUT2D eigenvalue weighted by Crippen LogP contribution is 2.30. The highest BCUT2D eigenvalue weighted by molar-refractivity contribution is 9.10. The van der Waals surface area contributed by atoms with Crippen molar-refractivity contribution in [3.8, 4) is 0 Å². The molecule has 0 saturated carbocycles. The molecule has 5 heteroatoms. The molecule has 30 heavy (non-hydrogen) atoms. The summed E-state index contributed by atoms with van der Waals surface area (Å²) in [5.41, 5.74) is 3.47. The number of benzene rings is 2. The molecule has 4 nitrogen and oxygen atoms in total. The Bertz CT molecular complexity index is 814. The molecule has 1 unspecified atom stereocenters. The van der Waals surface area contributed by atoms with Gasteiger partial charge in [-0.3, -0.25) is 4.79 Å². The largest absolute Gasteiger partial charge is 0.377 e. The van der Waals surface area contributed by atoms with Gasteiger partial charge in [0.15, 0.2) is 0 Å². The molecular weight excluding hydrogens is 440 g/mol. The Labute approximate surface area is 189 Å². The van der Waals surface area contributed by atoms with Crippen LogP contribution in [0.4, 0.5) is 5.69 Å². The van der Waals surface area contributed by atoms with Crippen molar-refractivity contribution in [2.75, 3.05) is 32.1 Å². The number of nitrogens with zero attached hydrogens (tertiary/aromatic N) is 1. The van der Waals surface area contributed by atoms with Crippen molar-refractivity contribution >= 4 is 27.5 Å². The SMILES string of the molecule is COC(CCN1CCC(c2cccc(NC(=O)C(C)C)c2)CC1)c1ccc(Br)cc1. The third kappa shape index (κ3) is 6.40. The van der Waals surface area contributed by atoms with E-state index in [4.69, 9.17) is 4.74 Å². The van der Waals surface area contributed by atoms with E-state index in [-0.39, 0.29) is 17.9 Å². The predicted octanol–water partition coefficient (Wildman–Crippen LogP) is 6.00. The minimum atomic E-state index is -0.00905. The number of methoxy groups -OCH3 is 1. The Hall–Kier alpha value is -1.69. The first-order valence-corrected chi connectivity index (χ1v) is 11.7. The zero-order valence-electron chi connectivity index (χ0n) is 18.2. The van der Waals surface area contributed by atoms with E-state index < -0.39 is 0 Å².